The molecule has 2 aromatic carbocycles. The number of sulfonamides is 2. The second kappa shape index (κ2) is 8.79. The van der Waals surface area contributed by atoms with E-state index in [0.717, 1.165) is 12.0 Å². The van der Waals surface area contributed by atoms with Crippen LogP contribution in [0.25, 0.3) is 10.9 Å². The Labute approximate surface area is 193 Å². The Morgan fingerprint density at radius 1 is 1.12 bits per heavy atom. The normalized spacial score (nSPS) is 17.7. The molecule has 1 aliphatic rings. The highest BCUT2D eigenvalue weighted by atomic mass is 32.2. The van der Waals surface area contributed by atoms with Crippen LogP contribution in [-0.2, 0) is 20.0 Å². The molecular formula is C22H25N5O4S2. The number of rotatable bonds is 6. The van der Waals surface area contributed by atoms with Crippen LogP contribution in [0.1, 0.15) is 24.5 Å². The molecule has 0 amide bonds. The number of hydrogen-bond acceptors (Lipinski definition) is 6. The van der Waals surface area contributed by atoms with Gasteiger partial charge in [0.1, 0.15) is 6.07 Å². The van der Waals surface area contributed by atoms with Gasteiger partial charge in [0.25, 0.3) is 10.0 Å². The third kappa shape index (κ3) is 4.35. The van der Waals surface area contributed by atoms with Gasteiger partial charge in [0.2, 0.25) is 10.0 Å². The first kappa shape index (κ1) is 23.3. The summed E-state index contributed by atoms with van der Waals surface area (Å²) >= 11 is 0. The number of nitrogens with zero attached hydrogens (tertiary/aromatic N) is 2. The summed E-state index contributed by atoms with van der Waals surface area (Å²) in [4.78, 5) is 2.95. The molecule has 1 saturated heterocycles. The maximum absolute atomic E-state index is 13.0. The Balaban J connectivity index is 1.60. The number of aryl methyl sites for hydroxylation is 1. The summed E-state index contributed by atoms with van der Waals surface area (Å²) < 4.78 is 56.0. The monoisotopic (exact) mass is 487 g/mol. The molecule has 1 aromatic heterocycles. The summed E-state index contributed by atoms with van der Waals surface area (Å²) in [7, 11) is -7.70. The molecule has 33 heavy (non-hydrogen) atoms. The second-order valence-corrected chi connectivity index (χ2v) is 11.6. The van der Waals surface area contributed by atoms with Gasteiger partial charge in [-0.15, -0.1) is 0 Å². The summed E-state index contributed by atoms with van der Waals surface area (Å²) in [6, 6.07) is 10.8. The molecule has 0 spiro atoms. The van der Waals surface area contributed by atoms with Gasteiger partial charge in [-0.2, -0.15) is 9.57 Å². The maximum atomic E-state index is 13.0. The molecule has 0 saturated carbocycles. The second-order valence-electron chi connectivity index (χ2n) is 7.99. The van der Waals surface area contributed by atoms with Crippen molar-refractivity contribution in [3.63, 3.8) is 0 Å². The van der Waals surface area contributed by atoms with Gasteiger partial charge in [0, 0.05) is 37.3 Å². The van der Waals surface area contributed by atoms with E-state index in [2.05, 4.69) is 21.1 Å². The number of benzene rings is 2. The number of anilines is 1. The lowest BCUT2D eigenvalue weighted by Gasteiger charge is -2.32. The number of aromatic nitrogens is 1. The third-order valence-electron chi connectivity index (χ3n) is 5.89. The van der Waals surface area contributed by atoms with Crippen LogP contribution >= 0.6 is 0 Å². The molecule has 1 atom stereocenters. The number of H-pyrrole nitrogens is 1. The van der Waals surface area contributed by atoms with Crippen molar-refractivity contribution in [3.8, 4) is 6.07 Å². The van der Waals surface area contributed by atoms with Crippen molar-refractivity contribution >= 4 is 36.6 Å². The van der Waals surface area contributed by atoms with Gasteiger partial charge >= 0.3 is 0 Å². The quantitative estimate of drug-likeness (QED) is 0.489. The van der Waals surface area contributed by atoms with Gasteiger partial charge < -0.3 is 10.3 Å². The molecule has 1 fully saturated rings. The van der Waals surface area contributed by atoms with Gasteiger partial charge in [-0.3, -0.25) is 4.72 Å². The standard InChI is InChI=1S/C22H25N5O4S2/c1-3-17-14-27(11-10-24-17)33(30,31)19-7-5-18(6-8-19)32(28,29)26-20-9-4-15(2)21-16(12-23)13-25-22(20)21/h4-9,13,17,24-26H,3,10-11,14H2,1-2H3. The van der Waals surface area contributed by atoms with Crippen molar-refractivity contribution in [2.24, 2.45) is 0 Å². The van der Waals surface area contributed by atoms with E-state index >= 15 is 0 Å². The van der Waals surface area contributed by atoms with E-state index in [-0.39, 0.29) is 15.8 Å². The van der Waals surface area contributed by atoms with E-state index < -0.39 is 20.0 Å². The first-order chi connectivity index (χ1) is 15.7. The number of piperazine rings is 1. The first-order valence-corrected chi connectivity index (χ1v) is 13.5. The average molecular weight is 488 g/mol. The molecule has 3 aromatic rings. The fourth-order valence-electron chi connectivity index (χ4n) is 4.02. The molecule has 4 rings (SSSR count). The lowest BCUT2D eigenvalue weighted by atomic mass is 10.1. The molecule has 0 radical (unpaired) electrons. The summed E-state index contributed by atoms with van der Waals surface area (Å²) in [6.45, 7) is 5.16. The Hall–Kier alpha value is -2.91. The van der Waals surface area contributed by atoms with E-state index in [4.69, 9.17) is 0 Å². The summed E-state index contributed by atoms with van der Waals surface area (Å²) in [5, 5.41) is 13.2. The highest BCUT2D eigenvalue weighted by molar-refractivity contribution is 7.92. The van der Waals surface area contributed by atoms with Crippen LogP contribution in [0.2, 0.25) is 0 Å². The molecule has 174 valence electrons. The first-order valence-electron chi connectivity index (χ1n) is 10.5. The number of aromatic amines is 1. The van der Waals surface area contributed by atoms with Crippen molar-refractivity contribution in [3.05, 3.63) is 53.7 Å². The Morgan fingerprint density at radius 2 is 1.82 bits per heavy atom. The van der Waals surface area contributed by atoms with Crippen LogP contribution < -0.4 is 10.0 Å². The van der Waals surface area contributed by atoms with E-state index in [1.807, 2.05) is 13.8 Å². The van der Waals surface area contributed by atoms with Crippen LogP contribution in [0.5, 0.6) is 0 Å². The summed E-state index contributed by atoms with van der Waals surface area (Å²) in [5.74, 6) is 0. The van der Waals surface area contributed by atoms with Gasteiger partial charge in [-0.1, -0.05) is 13.0 Å². The van der Waals surface area contributed by atoms with Crippen LogP contribution in [0, 0.1) is 18.3 Å². The summed E-state index contributed by atoms with van der Waals surface area (Å²) in [6.07, 6.45) is 2.35. The number of hydrogen-bond donors (Lipinski definition) is 3. The van der Waals surface area contributed by atoms with E-state index in [0.29, 0.717) is 41.8 Å². The van der Waals surface area contributed by atoms with Crippen molar-refractivity contribution in [2.45, 2.75) is 36.1 Å². The van der Waals surface area contributed by atoms with E-state index in [1.54, 1.807) is 12.1 Å². The minimum atomic E-state index is -3.99. The number of nitriles is 1. The van der Waals surface area contributed by atoms with Gasteiger partial charge in [0.05, 0.1) is 26.6 Å². The third-order valence-corrected chi connectivity index (χ3v) is 9.15. The fraction of sp³-hybridized carbons (Fsp3) is 0.318. The minimum Gasteiger partial charge on any atom is -0.358 e. The minimum absolute atomic E-state index is 0.0546. The largest absolute Gasteiger partial charge is 0.358 e. The van der Waals surface area contributed by atoms with Crippen LogP contribution in [0.4, 0.5) is 5.69 Å². The molecule has 0 bridgehead atoms. The molecule has 1 aliphatic heterocycles. The lowest BCUT2D eigenvalue weighted by molar-refractivity contribution is 0.293. The predicted molar refractivity (Wildman–Crippen MR) is 126 cm³/mol. The van der Waals surface area contributed by atoms with E-state index in [9.17, 15) is 22.1 Å². The molecule has 11 heteroatoms. The van der Waals surface area contributed by atoms with Crippen LogP contribution in [-0.4, -0.2) is 51.8 Å². The van der Waals surface area contributed by atoms with Gasteiger partial charge in [-0.25, -0.2) is 16.8 Å². The topological polar surface area (TPSA) is 135 Å². The highest BCUT2D eigenvalue weighted by Gasteiger charge is 2.29. The average Bonchev–Trinajstić information content (AvgIpc) is 3.26. The van der Waals surface area contributed by atoms with Crippen molar-refractivity contribution < 1.29 is 16.8 Å². The zero-order valence-corrected chi connectivity index (χ0v) is 19.9. The highest BCUT2D eigenvalue weighted by Crippen LogP contribution is 2.30. The van der Waals surface area contributed by atoms with Crippen molar-refractivity contribution in [1.82, 2.24) is 14.6 Å². The molecular weight excluding hydrogens is 462 g/mol. The Morgan fingerprint density at radius 3 is 2.48 bits per heavy atom. The SMILES string of the molecule is CCC1CN(S(=O)(=O)c2ccc(S(=O)(=O)Nc3ccc(C)c4c(C#N)c[nH]c34)cc2)CCN1. The van der Waals surface area contributed by atoms with Crippen molar-refractivity contribution in [2.75, 3.05) is 24.4 Å². The Bertz CT molecular complexity index is 1440. The zero-order valence-electron chi connectivity index (χ0n) is 18.3. The van der Waals surface area contributed by atoms with Crippen LogP contribution in [0.3, 0.4) is 0 Å². The fourth-order valence-corrected chi connectivity index (χ4v) is 6.58. The molecule has 3 N–H and O–H groups in total. The van der Waals surface area contributed by atoms with E-state index in [1.165, 1.54) is 34.8 Å². The lowest BCUT2D eigenvalue weighted by Crippen LogP contribution is -2.52. The Kier molecular flexibility index (Phi) is 6.20. The number of fused-ring (bicyclic) bond motifs is 1. The smallest absolute Gasteiger partial charge is 0.261 e. The molecule has 2 heterocycles. The predicted octanol–water partition coefficient (Wildman–Crippen LogP) is 2.52. The van der Waals surface area contributed by atoms with Crippen LogP contribution in [0.15, 0.2) is 52.4 Å². The maximum Gasteiger partial charge on any atom is 0.261 e. The zero-order chi connectivity index (χ0) is 23.8. The molecule has 9 nitrogen and oxygen atoms in total. The number of nitrogens with one attached hydrogen (secondary N) is 3. The van der Waals surface area contributed by atoms with Crippen molar-refractivity contribution in [1.29, 1.82) is 5.26 Å². The molecule has 1 unspecified atom stereocenters. The molecule has 0 aliphatic carbocycles. The van der Waals surface area contributed by atoms with Gasteiger partial charge in [-0.05, 0) is 49.2 Å². The summed E-state index contributed by atoms with van der Waals surface area (Å²) in [5.41, 5.74) is 2.09. The van der Waals surface area contributed by atoms with Gasteiger partial charge in [0.15, 0.2) is 0 Å².